The summed E-state index contributed by atoms with van der Waals surface area (Å²) in [6, 6.07) is 1.52. The number of hydrogen-bond acceptors (Lipinski definition) is 1. The third kappa shape index (κ3) is 2.60. The van der Waals surface area contributed by atoms with E-state index in [-0.39, 0.29) is 11.6 Å². The van der Waals surface area contributed by atoms with Crippen LogP contribution >= 0.6 is 0 Å². The number of likely N-dealkylation sites (tertiary alicyclic amines) is 1. The van der Waals surface area contributed by atoms with Crippen molar-refractivity contribution in [2.75, 3.05) is 6.54 Å². The van der Waals surface area contributed by atoms with E-state index in [1.165, 1.54) is 0 Å². The Labute approximate surface area is 110 Å². The number of nitrogens with zero attached hydrogens (tertiary/aromatic N) is 1. The first kappa shape index (κ1) is 13.9. The minimum absolute atomic E-state index is 0.0115. The smallest absolute Gasteiger partial charge is 0.254 e. The number of benzene rings is 1. The van der Waals surface area contributed by atoms with Crippen molar-refractivity contribution < 1.29 is 18.0 Å². The summed E-state index contributed by atoms with van der Waals surface area (Å²) in [7, 11) is 0. The van der Waals surface area contributed by atoms with Crippen molar-refractivity contribution in [3.8, 4) is 0 Å². The molecule has 2 nitrogen and oxygen atoms in total. The average Bonchev–Trinajstić information content (AvgIpc) is 2.38. The summed E-state index contributed by atoms with van der Waals surface area (Å²) in [4.78, 5) is 13.8. The van der Waals surface area contributed by atoms with Gasteiger partial charge in [0.15, 0.2) is 17.5 Å². The van der Waals surface area contributed by atoms with E-state index in [9.17, 15) is 18.0 Å². The molecule has 1 aromatic rings. The Bertz CT molecular complexity index is 480. The first-order valence-corrected chi connectivity index (χ1v) is 6.37. The number of carbonyl (C=O) groups is 1. The van der Waals surface area contributed by atoms with Crippen LogP contribution in [0.4, 0.5) is 13.2 Å². The SMILES string of the molecule is CC1CCCN(C(=O)c2cc(F)c(F)c(F)c2)C1C. The van der Waals surface area contributed by atoms with E-state index >= 15 is 0 Å². The van der Waals surface area contributed by atoms with E-state index in [0.717, 1.165) is 25.0 Å². The molecule has 1 amide bonds. The summed E-state index contributed by atoms with van der Waals surface area (Å²) in [5, 5.41) is 0. The molecule has 2 atom stereocenters. The topological polar surface area (TPSA) is 20.3 Å². The van der Waals surface area contributed by atoms with Gasteiger partial charge in [0.2, 0.25) is 0 Å². The molecule has 1 aromatic carbocycles. The van der Waals surface area contributed by atoms with Gasteiger partial charge in [-0.25, -0.2) is 13.2 Å². The molecule has 1 fully saturated rings. The Hall–Kier alpha value is -1.52. The van der Waals surface area contributed by atoms with E-state index < -0.39 is 23.4 Å². The van der Waals surface area contributed by atoms with Crippen molar-refractivity contribution in [2.24, 2.45) is 5.92 Å². The van der Waals surface area contributed by atoms with E-state index in [1.54, 1.807) is 4.90 Å². The van der Waals surface area contributed by atoms with Crippen LogP contribution in [0.2, 0.25) is 0 Å². The molecule has 19 heavy (non-hydrogen) atoms. The number of halogens is 3. The van der Waals surface area contributed by atoms with Crippen LogP contribution in [0.15, 0.2) is 12.1 Å². The molecular formula is C14H16F3NO. The van der Waals surface area contributed by atoms with Crippen LogP contribution in [0.1, 0.15) is 37.0 Å². The summed E-state index contributed by atoms with van der Waals surface area (Å²) in [5.74, 6) is -4.32. The van der Waals surface area contributed by atoms with Gasteiger partial charge in [0, 0.05) is 18.2 Å². The van der Waals surface area contributed by atoms with Gasteiger partial charge in [-0.2, -0.15) is 0 Å². The molecule has 0 spiro atoms. The lowest BCUT2D eigenvalue weighted by Crippen LogP contribution is -2.46. The van der Waals surface area contributed by atoms with Crippen LogP contribution in [-0.4, -0.2) is 23.4 Å². The number of carbonyl (C=O) groups excluding carboxylic acids is 1. The van der Waals surface area contributed by atoms with Crippen molar-refractivity contribution in [2.45, 2.75) is 32.7 Å². The Morgan fingerprint density at radius 1 is 1.21 bits per heavy atom. The Kier molecular flexibility index (Phi) is 3.83. The number of rotatable bonds is 1. The molecular weight excluding hydrogens is 255 g/mol. The number of piperidine rings is 1. The molecule has 1 saturated heterocycles. The zero-order chi connectivity index (χ0) is 14.2. The van der Waals surface area contributed by atoms with E-state index in [4.69, 9.17) is 0 Å². The molecule has 0 aromatic heterocycles. The number of hydrogen-bond donors (Lipinski definition) is 0. The highest BCUT2D eigenvalue weighted by molar-refractivity contribution is 5.94. The summed E-state index contributed by atoms with van der Waals surface area (Å²) < 4.78 is 39.2. The monoisotopic (exact) mass is 271 g/mol. The highest BCUT2D eigenvalue weighted by atomic mass is 19.2. The molecule has 1 aliphatic rings. The Balaban J connectivity index is 2.29. The highest BCUT2D eigenvalue weighted by Crippen LogP contribution is 2.25. The standard InChI is InChI=1S/C14H16F3NO/c1-8-4-3-5-18(9(8)2)14(19)10-6-11(15)13(17)12(16)7-10/h6-9H,3-5H2,1-2H3. The van der Waals surface area contributed by atoms with Gasteiger partial charge in [0.25, 0.3) is 5.91 Å². The molecule has 0 saturated carbocycles. The second-order valence-electron chi connectivity index (χ2n) is 5.11. The minimum atomic E-state index is -1.54. The zero-order valence-corrected chi connectivity index (χ0v) is 10.9. The third-order valence-electron chi connectivity index (χ3n) is 3.87. The van der Waals surface area contributed by atoms with E-state index in [2.05, 4.69) is 0 Å². The van der Waals surface area contributed by atoms with Crippen molar-refractivity contribution in [3.05, 3.63) is 35.1 Å². The summed E-state index contributed by atoms with van der Waals surface area (Å²) >= 11 is 0. The first-order valence-electron chi connectivity index (χ1n) is 6.37. The molecule has 2 rings (SSSR count). The van der Waals surface area contributed by atoms with Crippen LogP contribution in [0.3, 0.4) is 0 Å². The van der Waals surface area contributed by atoms with Gasteiger partial charge in [-0.3, -0.25) is 4.79 Å². The predicted octanol–water partition coefficient (Wildman–Crippen LogP) is 3.36. The molecule has 0 N–H and O–H groups in total. The highest BCUT2D eigenvalue weighted by Gasteiger charge is 2.29. The maximum absolute atomic E-state index is 13.2. The summed E-state index contributed by atoms with van der Waals surface area (Å²) in [6.07, 6.45) is 1.89. The molecule has 0 radical (unpaired) electrons. The summed E-state index contributed by atoms with van der Waals surface area (Å²) in [6.45, 7) is 4.51. The molecule has 1 heterocycles. The normalized spacial score (nSPS) is 23.5. The van der Waals surface area contributed by atoms with Crippen LogP contribution in [0.5, 0.6) is 0 Å². The predicted molar refractivity (Wildman–Crippen MR) is 65.2 cm³/mol. The zero-order valence-electron chi connectivity index (χ0n) is 10.9. The lowest BCUT2D eigenvalue weighted by Gasteiger charge is -2.38. The quantitative estimate of drug-likeness (QED) is 0.717. The van der Waals surface area contributed by atoms with Crippen LogP contribution < -0.4 is 0 Å². The van der Waals surface area contributed by atoms with Crippen LogP contribution in [0.25, 0.3) is 0 Å². The third-order valence-corrected chi connectivity index (χ3v) is 3.87. The second-order valence-corrected chi connectivity index (χ2v) is 5.11. The van der Waals surface area contributed by atoms with Gasteiger partial charge in [-0.05, 0) is 37.8 Å². The fourth-order valence-corrected chi connectivity index (χ4v) is 2.47. The van der Waals surface area contributed by atoms with Crippen molar-refractivity contribution in [1.82, 2.24) is 4.90 Å². The average molecular weight is 271 g/mol. The van der Waals surface area contributed by atoms with Crippen molar-refractivity contribution >= 4 is 5.91 Å². The molecule has 2 unspecified atom stereocenters. The van der Waals surface area contributed by atoms with Crippen LogP contribution in [0, 0.1) is 23.4 Å². The van der Waals surface area contributed by atoms with Gasteiger partial charge in [0.05, 0.1) is 0 Å². The van der Waals surface area contributed by atoms with E-state index in [1.807, 2.05) is 13.8 Å². The van der Waals surface area contributed by atoms with Crippen molar-refractivity contribution in [1.29, 1.82) is 0 Å². The van der Waals surface area contributed by atoms with Gasteiger partial charge < -0.3 is 4.90 Å². The maximum atomic E-state index is 13.2. The molecule has 1 aliphatic heterocycles. The second kappa shape index (κ2) is 5.23. The van der Waals surface area contributed by atoms with Gasteiger partial charge >= 0.3 is 0 Å². The van der Waals surface area contributed by atoms with Crippen molar-refractivity contribution in [3.63, 3.8) is 0 Å². The molecule has 0 aliphatic carbocycles. The Morgan fingerprint density at radius 3 is 2.37 bits per heavy atom. The Morgan fingerprint density at radius 2 is 1.79 bits per heavy atom. The van der Waals surface area contributed by atoms with Gasteiger partial charge in [0.1, 0.15) is 0 Å². The maximum Gasteiger partial charge on any atom is 0.254 e. The summed E-state index contributed by atoms with van der Waals surface area (Å²) in [5.41, 5.74) is -0.141. The fraction of sp³-hybridized carbons (Fsp3) is 0.500. The molecule has 5 heteroatoms. The lowest BCUT2D eigenvalue weighted by molar-refractivity contribution is 0.0550. The molecule has 104 valence electrons. The van der Waals surface area contributed by atoms with Gasteiger partial charge in [-0.15, -0.1) is 0 Å². The largest absolute Gasteiger partial charge is 0.336 e. The lowest BCUT2D eigenvalue weighted by atomic mass is 9.91. The van der Waals surface area contributed by atoms with E-state index in [0.29, 0.717) is 12.5 Å². The minimum Gasteiger partial charge on any atom is -0.336 e. The molecule has 0 bridgehead atoms. The van der Waals surface area contributed by atoms with Crippen LogP contribution in [-0.2, 0) is 0 Å². The number of amides is 1. The fourth-order valence-electron chi connectivity index (χ4n) is 2.47. The first-order chi connectivity index (χ1) is 8.91. The van der Waals surface area contributed by atoms with Gasteiger partial charge in [-0.1, -0.05) is 6.92 Å².